The van der Waals surface area contributed by atoms with Crippen LogP contribution in [0.5, 0.6) is 0 Å². The van der Waals surface area contributed by atoms with Crippen molar-refractivity contribution >= 4 is 66.1 Å². The van der Waals surface area contributed by atoms with Crippen LogP contribution in [-0.2, 0) is 6.42 Å². The predicted molar refractivity (Wildman–Crippen MR) is 206 cm³/mol. The van der Waals surface area contributed by atoms with Gasteiger partial charge < -0.3 is 18.7 Å². The molecule has 2 N–H and O–H groups in total. The van der Waals surface area contributed by atoms with Crippen molar-refractivity contribution in [1.82, 2.24) is 15.2 Å². The lowest BCUT2D eigenvalue weighted by molar-refractivity contribution is 0.447. The van der Waals surface area contributed by atoms with Crippen molar-refractivity contribution in [2.45, 2.75) is 25.2 Å². The summed E-state index contributed by atoms with van der Waals surface area (Å²) in [7, 11) is 0. The Morgan fingerprint density at radius 2 is 1.35 bits per heavy atom. The second kappa shape index (κ2) is 11.1. The molecule has 1 aliphatic heterocycles. The van der Waals surface area contributed by atoms with Crippen LogP contribution in [0.15, 0.2) is 159 Å². The highest BCUT2D eigenvalue weighted by atomic mass is 16.3. The predicted octanol–water partition coefficient (Wildman–Crippen LogP) is 10.4. The van der Waals surface area contributed by atoms with E-state index in [4.69, 9.17) is 13.8 Å². The fraction of sp³-hybridized carbons (Fsp3) is 0.0889. The van der Waals surface area contributed by atoms with Crippen molar-refractivity contribution in [3.8, 4) is 5.69 Å². The van der Waals surface area contributed by atoms with Gasteiger partial charge in [-0.2, -0.15) is 0 Å². The highest BCUT2D eigenvalue weighted by Gasteiger charge is 2.32. The van der Waals surface area contributed by atoms with Gasteiger partial charge in [0, 0.05) is 50.7 Å². The number of aryl methyl sites for hydroxylation is 1. The zero-order valence-electron chi connectivity index (χ0n) is 27.6. The number of para-hydroxylation sites is 4. The normalized spacial score (nSPS) is 17.6. The van der Waals surface area contributed by atoms with Crippen LogP contribution >= 0.6 is 0 Å². The number of fused-ring (bicyclic) bond motifs is 9. The Hall–Kier alpha value is -6.37. The van der Waals surface area contributed by atoms with E-state index in [9.17, 15) is 0 Å². The summed E-state index contributed by atoms with van der Waals surface area (Å²) in [6, 6.07) is 48.9. The molecule has 11 rings (SSSR count). The maximum atomic E-state index is 6.73. The molecule has 1 aliphatic carbocycles. The van der Waals surface area contributed by atoms with Crippen molar-refractivity contribution in [2.75, 3.05) is 0 Å². The Labute approximate surface area is 293 Å². The number of hydrogen-bond acceptors (Lipinski definition) is 5. The SMILES string of the molecule is C1=C(C2N=C(c3cccc4c3oc3ccccc34)NC(c3ccccc3)N2)c2c(oc3cc(-n4c5ccccc5c5ccccc54)ccc23)CC1. The summed E-state index contributed by atoms with van der Waals surface area (Å²) in [4.78, 5) is 5.40. The molecule has 4 heterocycles. The first kappa shape index (κ1) is 28.5. The molecular formula is C45H32N4O2. The number of aromatic nitrogens is 1. The Balaban J connectivity index is 1.05. The van der Waals surface area contributed by atoms with Gasteiger partial charge in [-0.1, -0.05) is 103 Å². The molecule has 2 aliphatic rings. The summed E-state index contributed by atoms with van der Waals surface area (Å²) in [5, 5.41) is 13.3. The van der Waals surface area contributed by atoms with Crippen LogP contribution in [0.4, 0.5) is 0 Å². The first-order chi connectivity index (χ1) is 25.3. The number of nitrogens with zero attached hydrogens (tertiary/aromatic N) is 2. The maximum Gasteiger partial charge on any atom is 0.146 e. The highest BCUT2D eigenvalue weighted by Crippen LogP contribution is 2.41. The van der Waals surface area contributed by atoms with Crippen LogP contribution in [0.3, 0.4) is 0 Å². The van der Waals surface area contributed by atoms with Crippen molar-refractivity contribution in [3.05, 3.63) is 168 Å². The molecule has 0 saturated carbocycles. The van der Waals surface area contributed by atoms with Crippen LogP contribution in [0.2, 0.25) is 0 Å². The van der Waals surface area contributed by atoms with Crippen LogP contribution in [0.1, 0.15) is 35.0 Å². The number of rotatable bonds is 4. The van der Waals surface area contributed by atoms with Gasteiger partial charge in [-0.3, -0.25) is 5.32 Å². The van der Waals surface area contributed by atoms with Crippen LogP contribution in [0.25, 0.3) is 66.0 Å². The molecule has 244 valence electrons. The molecule has 0 saturated heterocycles. The summed E-state index contributed by atoms with van der Waals surface area (Å²) < 4.78 is 15.6. The number of hydrogen-bond donors (Lipinski definition) is 2. The molecule has 0 bridgehead atoms. The van der Waals surface area contributed by atoms with Crippen molar-refractivity contribution in [1.29, 1.82) is 0 Å². The van der Waals surface area contributed by atoms with E-state index in [1.54, 1.807) is 0 Å². The third-order valence-corrected chi connectivity index (χ3v) is 10.6. The molecule has 6 heteroatoms. The van der Waals surface area contributed by atoms with Gasteiger partial charge in [-0.25, -0.2) is 4.99 Å². The zero-order chi connectivity index (χ0) is 33.5. The second-order valence-electron chi connectivity index (χ2n) is 13.5. The lowest BCUT2D eigenvalue weighted by atomic mass is 9.91. The third kappa shape index (κ3) is 4.36. The van der Waals surface area contributed by atoms with Gasteiger partial charge in [-0.15, -0.1) is 0 Å². The van der Waals surface area contributed by atoms with Crippen molar-refractivity contribution in [3.63, 3.8) is 0 Å². The second-order valence-corrected chi connectivity index (χ2v) is 13.5. The number of amidine groups is 1. The average molecular weight is 661 g/mol. The fourth-order valence-electron chi connectivity index (χ4n) is 8.28. The topological polar surface area (TPSA) is 67.6 Å². The van der Waals surface area contributed by atoms with Gasteiger partial charge in [-0.05, 0) is 54.0 Å². The number of allylic oxidation sites excluding steroid dienone is 1. The molecule has 0 spiro atoms. The van der Waals surface area contributed by atoms with E-state index in [1.165, 1.54) is 21.8 Å². The Bertz CT molecular complexity index is 2840. The largest absolute Gasteiger partial charge is 0.460 e. The highest BCUT2D eigenvalue weighted by molar-refractivity contribution is 6.15. The molecule has 6 aromatic carbocycles. The third-order valence-electron chi connectivity index (χ3n) is 10.6. The smallest absolute Gasteiger partial charge is 0.146 e. The number of furan rings is 2. The van der Waals surface area contributed by atoms with E-state index in [-0.39, 0.29) is 12.3 Å². The lowest BCUT2D eigenvalue weighted by Gasteiger charge is -2.33. The molecule has 6 nitrogen and oxygen atoms in total. The number of nitrogens with one attached hydrogen (secondary N) is 2. The summed E-state index contributed by atoms with van der Waals surface area (Å²) in [5.41, 5.74) is 10.4. The van der Waals surface area contributed by atoms with Gasteiger partial charge in [0.05, 0.1) is 16.6 Å². The number of aliphatic imine (C=N–C) groups is 1. The average Bonchev–Trinajstić information content (AvgIpc) is 3.87. The minimum absolute atomic E-state index is 0.172. The minimum atomic E-state index is -0.317. The van der Waals surface area contributed by atoms with Crippen LogP contribution < -0.4 is 10.6 Å². The number of benzene rings is 6. The zero-order valence-corrected chi connectivity index (χ0v) is 27.6. The first-order valence-corrected chi connectivity index (χ1v) is 17.6. The van der Waals surface area contributed by atoms with E-state index in [2.05, 4.69) is 149 Å². The van der Waals surface area contributed by atoms with Gasteiger partial charge in [0.2, 0.25) is 0 Å². The Morgan fingerprint density at radius 3 is 2.18 bits per heavy atom. The van der Waals surface area contributed by atoms with Gasteiger partial charge >= 0.3 is 0 Å². The van der Waals surface area contributed by atoms with E-state index in [0.717, 1.165) is 85.3 Å². The quantitative estimate of drug-likeness (QED) is 0.197. The molecule has 0 fully saturated rings. The maximum absolute atomic E-state index is 6.73. The monoisotopic (exact) mass is 660 g/mol. The van der Waals surface area contributed by atoms with Gasteiger partial charge in [0.25, 0.3) is 0 Å². The molecule has 9 aromatic rings. The summed E-state index contributed by atoms with van der Waals surface area (Å²) in [5.74, 6) is 1.81. The lowest BCUT2D eigenvalue weighted by Crippen LogP contribution is -2.49. The van der Waals surface area contributed by atoms with E-state index in [0.29, 0.717) is 0 Å². The Morgan fingerprint density at radius 1 is 0.627 bits per heavy atom. The van der Waals surface area contributed by atoms with Gasteiger partial charge in [0.15, 0.2) is 0 Å². The molecule has 0 amide bonds. The van der Waals surface area contributed by atoms with E-state index < -0.39 is 0 Å². The molecular weight excluding hydrogens is 629 g/mol. The molecule has 3 aromatic heterocycles. The fourth-order valence-corrected chi connectivity index (χ4v) is 8.28. The summed E-state index contributed by atoms with van der Waals surface area (Å²) in [6.07, 6.45) is 3.58. The minimum Gasteiger partial charge on any atom is -0.460 e. The molecule has 2 atom stereocenters. The van der Waals surface area contributed by atoms with Crippen LogP contribution in [0, 0.1) is 0 Å². The van der Waals surface area contributed by atoms with Gasteiger partial charge in [0.1, 0.15) is 40.7 Å². The van der Waals surface area contributed by atoms with E-state index >= 15 is 0 Å². The molecule has 51 heavy (non-hydrogen) atoms. The van der Waals surface area contributed by atoms with Crippen molar-refractivity contribution in [2.24, 2.45) is 4.99 Å². The van der Waals surface area contributed by atoms with Crippen LogP contribution in [-0.4, -0.2) is 16.6 Å². The Kier molecular flexibility index (Phi) is 6.18. The standard InChI is InChI=1S/C45H32N4O2/c1-2-12-27(13-3-1)43-46-44(48-45(47-43)35-19-10-17-32-31-16-6-9-22-38(31)51-42(32)35)34-18-11-23-39-41(34)33-25-24-28(26-40(33)50-39)49-36-20-7-4-14-29(36)30-15-5-8-21-37(30)49/h1-10,12-22,24-26,43-44,46H,11,23H2,(H,47,48). The summed E-state index contributed by atoms with van der Waals surface area (Å²) in [6.45, 7) is 0. The first-order valence-electron chi connectivity index (χ1n) is 17.6. The summed E-state index contributed by atoms with van der Waals surface area (Å²) >= 11 is 0. The van der Waals surface area contributed by atoms with Crippen molar-refractivity contribution < 1.29 is 8.83 Å². The van der Waals surface area contributed by atoms with E-state index in [1.807, 2.05) is 12.1 Å². The molecule has 0 radical (unpaired) electrons. The molecule has 2 unspecified atom stereocenters.